The molecule has 0 rings (SSSR count). The summed E-state index contributed by atoms with van der Waals surface area (Å²) in [5.74, 6) is -0.933. The fourth-order valence-electron chi connectivity index (χ4n) is 5.50. The van der Waals surface area contributed by atoms with Gasteiger partial charge in [-0.05, 0) is 44.9 Å². The van der Waals surface area contributed by atoms with Gasteiger partial charge in [0, 0.05) is 12.8 Å². The maximum Gasteiger partial charge on any atom is 0.472 e. The lowest BCUT2D eigenvalue weighted by Gasteiger charge is -2.24. The number of hydrogen-bond donors (Lipinski definition) is 2. The van der Waals surface area contributed by atoms with Crippen LogP contribution in [0.1, 0.15) is 162 Å². The Morgan fingerprint density at radius 2 is 1.22 bits per heavy atom. The molecule has 3 atom stereocenters. The molecule has 55 heavy (non-hydrogen) atoms. The van der Waals surface area contributed by atoms with Gasteiger partial charge in [0.15, 0.2) is 6.10 Å². The van der Waals surface area contributed by atoms with Crippen LogP contribution >= 0.6 is 7.82 Å². The van der Waals surface area contributed by atoms with Gasteiger partial charge in [0.1, 0.15) is 19.8 Å². The lowest BCUT2D eigenvalue weighted by molar-refractivity contribution is -0.870. The molecule has 11 heteroatoms. The number of ether oxygens (including phenoxy) is 2. The molecule has 0 fully saturated rings. The van der Waals surface area contributed by atoms with Gasteiger partial charge in [-0.3, -0.25) is 18.6 Å². The predicted molar refractivity (Wildman–Crippen MR) is 226 cm³/mol. The summed E-state index contributed by atoms with van der Waals surface area (Å²) in [5, 5.41) is 10.2. The summed E-state index contributed by atoms with van der Waals surface area (Å²) < 4.78 is 34.1. The van der Waals surface area contributed by atoms with E-state index >= 15 is 0 Å². The van der Waals surface area contributed by atoms with Gasteiger partial charge in [-0.2, -0.15) is 0 Å². The minimum absolute atomic E-state index is 0.00481. The van der Waals surface area contributed by atoms with E-state index in [1.165, 1.54) is 83.5 Å². The third-order valence-corrected chi connectivity index (χ3v) is 9.93. The number of nitrogens with zero attached hydrogens (tertiary/aromatic N) is 1. The Labute approximate surface area is 336 Å². The molecule has 0 aliphatic heterocycles. The summed E-state index contributed by atoms with van der Waals surface area (Å²) in [4.78, 5) is 35.3. The highest BCUT2D eigenvalue weighted by atomic mass is 31.2. The fraction of sp³-hybridized carbons (Fsp3) is 0.773. The van der Waals surface area contributed by atoms with E-state index in [2.05, 4.69) is 32.1 Å². The second-order valence-corrected chi connectivity index (χ2v) is 17.0. The molecular weight excluding hydrogens is 717 g/mol. The van der Waals surface area contributed by atoms with E-state index in [1.54, 1.807) is 6.08 Å². The van der Waals surface area contributed by atoms with Crippen molar-refractivity contribution in [1.29, 1.82) is 0 Å². The van der Waals surface area contributed by atoms with E-state index in [9.17, 15) is 24.2 Å². The molecule has 0 amide bonds. The minimum Gasteiger partial charge on any atom is -0.462 e. The Kier molecular flexibility index (Phi) is 34.9. The van der Waals surface area contributed by atoms with Crippen LogP contribution < -0.4 is 0 Å². The molecule has 0 bridgehead atoms. The number of phosphoric ester groups is 1. The third kappa shape index (κ3) is 39.9. The fourth-order valence-corrected chi connectivity index (χ4v) is 6.24. The Hall–Kier alpha value is -2.07. The van der Waals surface area contributed by atoms with Crippen LogP contribution in [0.25, 0.3) is 0 Å². The van der Waals surface area contributed by atoms with E-state index in [0.29, 0.717) is 30.3 Å². The van der Waals surface area contributed by atoms with Crippen LogP contribution in [0.4, 0.5) is 0 Å². The zero-order valence-corrected chi connectivity index (χ0v) is 36.4. The molecule has 320 valence electrons. The molecule has 0 aromatic heterocycles. The van der Waals surface area contributed by atoms with Crippen LogP contribution in [0.5, 0.6) is 0 Å². The van der Waals surface area contributed by atoms with Gasteiger partial charge in [0.2, 0.25) is 0 Å². The van der Waals surface area contributed by atoms with Gasteiger partial charge in [-0.1, -0.05) is 152 Å². The van der Waals surface area contributed by atoms with Crippen LogP contribution in [0.2, 0.25) is 0 Å². The third-order valence-electron chi connectivity index (χ3n) is 8.94. The van der Waals surface area contributed by atoms with E-state index in [1.807, 2.05) is 45.4 Å². The number of carbonyl (C=O) groups excluding carboxylic acids is 2. The van der Waals surface area contributed by atoms with E-state index in [4.69, 9.17) is 18.5 Å². The zero-order valence-electron chi connectivity index (χ0n) is 35.5. The zero-order chi connectivity index (χ0) is 40.9. The van der Waals surface area contributed by atoms with E-state index < -0.39 is 38.6 Å². The van der Waals surface area contributed by atoms with Crippen molar-refractivity contribution in [3.05, 3.63) is 48.6 Å². The van der Waals surface area contributed by atoms with Crippen molar-refractivity contribution in [2.45, 2.75) is 174 Å². The van der Waals surface area contributed by atoms with Crippen molar-refractivity contribution in [3.63, 3.8) is 0 Å². The number of phosphoric acid groups is 1. The number of rotatable bonds is 38. The molecular formula is C44H81NO9P+. The van der Waals surface area contributed by atoms with Gasteiger partial charge >= 0.3 is 19.8 Å². The average Bonchev–Trinajstić information content (AvgIpc) is 3.13. The average molecular weight is 799 g/mol. The number of esters is 2. The van der Waals surface area contributed by atoms with Gasteiger partial charge in [0.25, 0.3) is 0 Å². The lowest BCUT2D eigenvalue weighted by atomic mass is 10.0. The Bertz CT molecular complexity index is 1100. The number of likely N-dealkylation sites (N-methyl/N-ethyl adjacent to an activating group) is 1. The maximum absolute atomic E-state index is 12.7. The SMILES string of the molecule is CCCCC/C=C\C/C=C\C=C/C(O)C/C=C\CCCC(=O)OC(COC(=O)CCCCCCCCCCCCCCC)COP(=O)(O)OCC[N+](C)(C)C. The molecule has 2 N–H and O–H groups in total. The van der Waals surface area contributed by atoms with Crippen molar-refractivity contribution < 1.29 is 47.2 Å². The number of hydrogen-bond acceptors (Lipinski definition) is 8. The summed E-state index contributed by atoms with van der Waals surface area (Å²) in [6.45, 7) is 4.21. The second-order valence-electron chi connectivity index (χ2n) is 15.6. The van der Waals surface area contributed by atoms with Crippen molar-refractivity contribution in [2.24, 2.45) is 0 Å². The highest BCUT2D eigenvalue weighted by Crippen LogP contribution is 2.43. The molecule has 3 unspecified atom stereocenters. The van der Waals surface area contributed by atoms with Crippen LogP contribution in [0, 0.1) is 0 Å². The number of aliphatic hydroxyl groups excluding tert-OH is 1. The number of aliphatic hydroxyl groups is 1. The molecule has 0 radical (unpaired) electrons. The molecule has 0 aromatic rings. The first-order valence-corrected chi connectivity index (χ1v) is 23.0. The Morgan fingerprint density at radius 3 is 1.85 bits per heavy atom. The summed E-state index contributed by atoms with van der Waals surface area (Å²) in [7, 11) is 1.38. The first kappa shape index (κ1) is 52.9. The van der Waals surface area contributed by atoms with Crippen molar-refractivity contribution in [1.82, 2.24) is 0 Å². The van der Waals surface area contributed by atoms with Crippen LogP contribution in [0.15, 0.2) is 48.6 Å². The summed E-state index contributed by atoms with van der Waals surface area (Å²) in [6, 6.07) is 0. The summed E-state index contributed by atoms with van der Waals surface area (Å²) >= 11 is 0. The largest absolute Gasteiger partial charge is 0.472 e. The molecule has 0 saturated carbocycles. The van der Waals surface area contributed by atoms with Crippen molar-refractivity contribution in [3.8, 4) is 0 Å². The topological polar surface area (TPSA) is 129 Å². The van der Waals surface area contributed by atoms with Crippen LogP contribution in [-0.4, -0.2) is 86.1 Å². The predicted octanol–water partition coefficient (Wildman–Crippen LogP) is 10.9. The molecule has 0 aromatic carbocycles. The summed E-state index contributed by atoms with van der Waals surface area (Å²) in [6.07, 6.45) is 37.5. The molecule has 0 saturated heterocycles. The quantitative estimate of drug-likeness (QED) is 0.0157. The van der Waals surface area contributed by atoms with Gasteiger partial charge in [-0.25, -0.2) is 4.57 Å². The highest BCUT2D eigenvalue weighted by molar-refractivity contribution is 7.47. The van der Waals surface area contributed by atoms with Crippen LogP contribution in [0.3, 0.4) is 0 Å². The van der Waals surface area contributed by atoms with E-state index in [-0.39, 0.29) is 26.1 Å². The van der Waals surface area contributed by atoms with Gasteiger partial charge in [0.05, 0.1) is 33.9 Å². The number of unbranched alkanes of at least 4 members (excludes halogenated alkanes) is 16. The molecule has 0 aliphatic carbocycles. The van der Waals surface area contributed by atoms with Gasteiger partial charge in [-0.15, -0.1) is 0 Å². The number of carbonyl (C=O) groups is 2. The Morgan fingerprint density at radius 1 is 0.655 bits per heavy atom. The highest BCUT2D eigenvalue weighted by Gasteiger charge is 2.27. The summed E-state index contributed by atoms with van der Waals surface area (Å²) in [5.41, 5.74) is 0. The molecule has 10 nitrogen and oxygen atoms in total. The number of quaternary nitrogens is 1. The molecule has 0 spiro atoms. The standard InChI is InChI=1S/C44H80NO9P/c1-6-8-10-12-14-16-18-19-20-22-24-26-31-35-43(47)51-39-42(40-53-55(49,50)52-38-37-45(3,4)5)54-44(48)36-32-28-27-30-34-41(46)33-29-25-23-21-17-15-13-11-9-7-2/h15,17,23,25,27,29-30,33,41-42,46H,6-14,16,18-22,24,26,28,31-32,34-40H2,1-5H3/p+1/b17-15-,25-23-,30-27-,33-29-. The second kappa shape index (κ2) is 36.3. The maximum atomic E-state index is 12.7. The van der Waals surface area contributed by atoms with E-state index in [0.717, 1.165) is 32.1 Å². The van der Waals surface area contributed by atoms with Crippen molar-refractivity contribution in [2.75, 3.05) is 47.5 Å². The first-order valence-electron chi connectivity index (χ1n) is 21.5. The lowest BCUT2D eigenvalue weighted by Crippen LogP contribution is -2.37. The molecule has 0 heterocycles. The smallest absolute Gasteiger partial charge is 0.462 e. The van der Waals surface area contributed by atoms with Crippen LogP contribution in [-0.2, 0) is 32.7 Å². The Balaban J connectivity index is 4.57. The number of allylic oxidation sites excluding steroid dienone is 6. The van der Waals surface area contributed by atoms with Gasteiger partial charge < -0.3 is 24.0 Å². The normalized spacial score (nSPS) is 14.7. The minimum atomic E-state index is -4.41. The monoisotopic (exact) mass is 799 g/mol. The van der Waals surface area contributed by atoms with Crippen molar-refractivity contribution >= 4 is 19.8 Å². The molecule has 0 aliphatic rings. The first-order chi connectivity index (χ1) is 26.4.